The Kier molecular flexibility index (Phi) is 8.89. The van der Waals surface area contributed by atoms with Crippen LogP contribution >= 0.6 is 31.9 Å². The van der Waals surface area contributed by atoms with Gasteiger partial charge in [-0.05, 0) is 42.9 Å². The van der Waals surface area contributed by atoms with Crippen LogP contribution in [0.3, 0.4) is 0 Å². The second-order valence-electron chi connectivity index (χ2n) is 10.2. The predicted molar refractivity (Wildman–Crippen MR) is 143 cm³/mol. The molecule has 1 aliphatic heterocycles. The van der Waals surface area contributed by atoms with E-state index in [4.69, 9.17) is 0 Å². The summed E-state index contributed by atoms with van der Waals surface area (Å²) in [6.45, 7) is 2.23. The molecule has 5 nitrogen and oxygen atoms in total. The molecule has 34 heavy (non-hydrogen) atoms. The van der Waals surface area contributed by atoms with E-state index in [1.54, 1.807) is 18.2 Å². The summed E-state index contributed by atoms with van der Waals surface area (Å²) in [6.07, 6.45) is 12.4. The topological polar surface area (TPSA) is 66.5 Å². The second kappa shape index (κ2) is 11.7. The number of carbonyl (C=O) groups excluding carboxylic acids is 3. The molecule has 7 heteroatoms. The number of nitrogens with zero attached hydrogens (tertiary/aromatic N) is 1. The SMILES string of the molecule is CCCCCCCCCCCC(=O)Nc1cccc(N2C(=O)[C@@H]3[C@H]4C[C@@H]([C@@H](Br)[C@H]4Br)[C@H]3C2=O)c1. The van der Waals surface area contributed by atoms with Crippen LogP contribution in [-0.4, -0.2) is 27.4 Å². The van der Waals surface area contributed by atoms with Gasteiger partial charge in [0.05, 0.1) is 17.5 Å². The van der Waals surface area contributed by atoms with Crippen LogP contribution in [0.5, 0.6) is 0 Å². The standard InChI is InChI=1S/C27H36Br2N2O3/c1-2-3-4-5-6-7-8-9-10-14-21(32)30-17-12-11-13-18(15-17)31-26(33)22-19-16-20(23(22)27(31)34)25(29)24(19)28/h11-13,15,19-20,22-25H,2-10,14,16H2,1H3,(H,30,32)/t19-,20-,22-,23-,24-,25+/m1/s1. The fourth-order valence-electron chi connectivity index (χ4n) is 6.15. The molecule has 1 N–H and O–H groups in total. The number of halogens is 2. The number of nitrogens with one attached hydrogen (secondary N) is 1. The molecule has 0 radical (unpaired) electrons. The van der Waals surface area contributed by atoms with Crippen molar-refractivity contribution in [2.45, 2.75) is 87.2 Å². The monoisotopic (exact) mass is 594 g/mol. The molecule has 1 saturated heterocycles. The van der Waals surface area contributed by atoms with Crippen molar-refractivity contribution in [2.75, 3.05) is 10.2 Å². The molecule has 0 aromatic heterocycles. The molecular formula is C27H36Br2N2O3. The van der Waals surface area contributed by atoms with Crippen molar-refractivity contribution in [2.24, 2.45) is 23.7 Å². The lowest BCUT2D eigenvalue weighted by Crippen LogP contribution is -2.37. The van der Waals surface area contributed by atoms with Gasteiger partial charge in [-0.2, -0.15) is 0 Å². The number of amides is 3. The molecule has 0 spiro atoms. The molecule has 0 unspecified atom stereocenters. The van der Waals surface area contributed by atoms with Crippen LogP contribution in [0.25, 0.3) is 0 Å². The fourth-order valence-corrected chi connectivity index (χ4v) is 8.02. The van der Waals surface area contributed by atoms with Gasteiger partial charge in [0.15, 0.2) is 0 Å². The zero-order chi connectivity index (χ0) is 24.2. The maximum absolute atomic E-state index is 13.3. The largest absolute Gasteiger partial charge is 0.326 e. The van der Waals surface area contributed by atoms with Gasteiger partial charge in [-0.25, -0.2) is 4.90 Å². The maximum Gasteiger partial charge on any atom is 0.238 e. The number of benzene rings is 1. The Morgan fingerprint density at radius 1 is 0.912 bits per heavy atom. The molecule has 1 aromatic rings. The van der Waals surface area contributed by atoms with Crippen LogP contribution in [-0.2, 0) is 14.4 Å². The fraction of sp³-hybridized carbons (Fsp3) is 0.667. The van der Waals surface area contributed by atoms with E-state index in [2.05, 4.69) is 44.1 Å². The average Bonchev–Trinajstić information content (AvgIpc) is 3.43. The minimum Gasteiger partial charge on any atom is -0.326 e. The number of fused-ring (bicyclic) bond motifs is 5. The van der Waals surface area contributed by atoms with Crippen LogP contribution in [0.2, 0.25) is 0 Å². The van der Waals surface area contributed by atoms with Gasteiger partial charge >= 0.3 is 0 Å². The quantitative estimate of drug-likeness (QED) is 0.164. The van der Waals surface area contributed by atoms with E-state index < -0.39 is 0 Å². The highest BCUT2D eigenvalue weighted by molar-refractivity contribution is 9.12. The summed E-state index contributed by atoms with van der Waals surface area (Å²) in [6, 6.07) is 7.15. The van der Waals surface area contributed by atoms with E-state index in [9.17, 15) is 14.4 Å². The Labute approximate surface area is 220 Å². The molecule has 1 heterocycles. The van der Waals surface area contributed by atoms with Crippen molar-refractivity contribution in [1.82, 2.24) is 0 Å². The summed E-state index contributed by atoms with van der Waals surface area (Å²) in [5, 5.41) is 2.95. The van der Waals surface area contributed by atoms with Crippen molar-refractivity contribution in [3.63, 3.8) is 0 Å². The highest BCUT2D eigenvalue weighted by atomic mass is 79.9. The van der Waals surface area contributed by atoms with E-state index in [0.29, 0.717) is 17.8 Å². The number of unbranched alkanes of at least 4 members (excludes halogenated alkanes) is 8. The molecule has 1 aromatic carbocycles. The first-order chi connectivity index (χ1) is 16.4. The predicted octanol–water partition coefficient (Wildman–Crippen LogP) is 6.83. The normalized spacial score (nSPS) is 29.7. The number of alkyl halides is 2. The van der Waals surface area contributed by atoms with Crippen LogP contribution in [0.15, 0.2) is 24.3 Å². The summed E-state index contributed by atoms with van der Waals surface area (Å²) < 4.78 is 0. The van der Waals surface area contributed by atoms with Gasteiger partial charge in [0.1, 0.15) is 0 Å². The molecule has 186 valence electrons. The van der Waals surface area contributed by atoms with Gasteiger partial charge in [-0.15, -0.1) is 0 Å². The zero-order valence-electron chi connectivity index (χ0n) is 20.0. The van der Waals surface area contributed by atoms with Crippen LogP contribution in [0.1, 0.15) is 77.6 Å². The third kappa shape index (κ3) is 5.30. The third-order valence-corrected chi connectivity index (χ3v) is 11.1. The number of hydrogen-bond donors (Lipinski definition) is 1. The second-order valence-corrected chi connectivity index (χ2v) is 12.3. The summed E-state index contributed by atoms with van der Waals surface area (Å²) in [7, 11) is 0. The number of carbonyl (C=O) groups is 3. The van der Waals surface area contributed by atoms with Crippen molar-refractivity contribution >= 4 is 61.0 Å². The molecule has 6 atom stereocenters. The van der Waals surface area contributed by atoms with Gasteiger partial charge in [0.2, 0.25) is 17.7 Å². The smallest absolute Gasteiger partial charge is 0.238 e. The van der Waals surface area contributed by atoms with Gasteiger partial charge in [0, 0.05) is 21.8 Å². The first-order valence-corrected chi connectivity index (χ1v) is 14.8. The van der Waals surface area contributed by atoms with E-state index in [-0.39, 0.29) is 51.0 Å². The lowest BCUT2D eigenvalue weighted by Gasteiger charge is -2.28. The molecule has 3 aliphatic rings. The molecule has 4 rings (SSSR count). The van der Waals surface area contributed by atoms with Gasteiger partial charge in [0.25, 0.3) is 0 Å². The summed E-state index contributed by atoms with van der Waals surface area (Å²) in [5.74, 6) is -0.284. The van der Waals surface area contributed by atoms with Gasteiger partial charge in [-0.1, -0.05) is 96.2 Å². The Hall–Kier alpha value is -1.21. The molecule has 3 fully saturated rings. The highest BCUT2D eigenvalue weighted by Gasteiger charge is 2.66. The van der Waals surface area contributed by atoms with Gasteiger partial charge in [-0.3, -0.25) is 14.4 Å². The van der Waals surface area contributed by atoms with Crippen molar-refractivity contribution in [3.05, 3.63) is 24.3 Å². The number of hydrogen-bond acceptors (Lipinski definition) is 3. The number of imide groups is 1. The molecule has 3 amide bonds. The minimum absolute atomic E-state index is 0.0154. The summed E-state index contributed by atoms with van der Waals surface area (Å²) >= 11 is 7.46. The van der Waals surface area contributed by atoms with Gasteiger partial charge < -0.3 is 5.32 Å². The maximum atomic E-state index is 13.3. The number of rotatable bonds is 12. The van der Waals surface area contributed by atoms with Crippen LogP contribution in [0, 0.1) is 23.7 Å². The average molecular weight is 596 g/mol. The molecule has 2 saturated carbocycles. The first kappa shape index (κ1) is 25.9. The van der Waals surface area contributed by atoms with E-state index >= 15 is 0 Å². The third-order valence-electron chi connectivity index (χ3n) is 7.88. The Morgan fingerprint density at radius 2 is 1.47 bits per heavy atom. The van der Waals surface area contributed by atoms with Crippen molar-refractivity contribution in [3.8, 4) is 0 Å². The number of anilines is 2. The lowest BCUT2D eigenvalue weighted by molar-refractivity contribution is -0.123. The van der Waals surface area contributed by atoms with E-state index in [1.165, 1.54) is 49.8 Å². The summed E-state index contributed by atoms with van der Waals surface area (Å²) in [4.78, 5) is 40.8. The highest BCUT2D eigenvalue weighted by Crippen LogP contribution is 2.60. The molecule has 2 aliphatic carbocycles. The first-order valence-electron chi connectivity index (χ1n) is 13.0. The summed E-state index contributed by atoms with van der Waals surface area (Å²) in [5.41, 5.74) is 1.19. The Bertz CT molecular complexity index is 876. The van der Waals surface area contributed by atoms with Crippen LogP contribution in [0.4, 0.5) is 11.4 Å². The van der Waals surface area contributed by atoms with Crippen molar-refractivity contribution in [1.29, 1.82) is 0 Å². The van der Waals surface area contributed by atoms with E-state index in [0.717, 1.165) is 19.3 Å². The van der Waals surface area contributed by atoms with Crippen LogP contribution < -0.4 is 10.2 Å². The Balaban J connectivity index is 1.26. The Morgan fingerprint density at radius 3 is 2.06 bits per heavy atom. The van der Waals surface area contributed by atoms with Crippen molar-refractivity contribution < 1.29 is 14.4 Å². The minimum atomic E-state index is -0.236. The zero-order valence-corrected chi connectivity index (χ0v) is 23.2. The van der Waals surface area contributed by atoms with E-state index in [1.807, 2.05) is 6.07 Å². The molecule has 2 bridgehead atoms. The lowest BCUT2D eigenvalue weighted by atomic mass is 9.81. The molecular weight excluding hydrogens is 560 g/mol.